The highest BCUT2D eigenvalue weighted by atomic mass is 32.1. The second-order valence-electron chi connectivity index (χ2n) is 3.60. The van der Waals surface area contributed by atoms with Gasteiger partial charge in [0.2, 0.25) is 0 Å². The smallest absolute Gasteiger partial charge is 0.293 e. The van der Waals surface area contributed by atoms with Gasteiger partial charge < -0.3 is 0 Å². The first-order valence-corrected chi connectivity index (χ1v) is 5.79. The van der Waals surface area contributed by atoms with Crippen LogP contribution < -0.4 is 5.56 Å². The normalized spacial score (nSPS) is 11.8. The Morgan fingerprint density at radius 2 is 2.17 bits per heavy atom. The zero-order valence-electron chi connectivity index (χ0n) is 9.23. The van der Waals surface area contributed by atoms with Gasteiger partial charge in [-0.05, 0) is 6.92 Å². The van der Waals surface area contributed by atoms with Crippen LogP contribution in [0.5, 0.6) is 0 Å². The molecule has 0 N–H and O–H groups in total. The summed E-state index contributed by atoms with van der Waals surface area (Å²) in [4.78, 5) is 18.9. The van der Waals surface area contributed by atoms with Gasteiger partial charge in [-0.2, -0.15) is 13.2 Å². The lowest BCUT2D eigenvalue weighted by Crippen LogP contribution is -2.23. The van der Waals surface area contributed by atoms with Crippen molar-refractivity contribution in [2.24, 2.45) is 0 Å². The molecule has 18 heavy (non-hydrogen) atoms. The average molecular weight is 275 g/mol. The van der Waals surface area contributed by atoms with Gasteiger partial charge in [0.05, 0.1) is 23.6 Å². The van der Waals surface area contributed by atoms with E-state index in [1.165, 1.54) is 11.3 Å². The molecule has 0 saturated heterocycles. The number of hydrogen-bond acceptors (Lipinski definition) is 4. The molecule has 2 aromatic rings. The topological polar surface area (TPSA) is 47.8 Å². The van der Waals surface area contributed by atoms with E-state index < -0.39 is 17.4 Å². The van der Waals surface area contributed by atoms with Gasteiger partial charge in [0.15, 0.2) is 5.69 Å². The second kappa shape index (κ2) is 4.52. The van der Waals surface area contributed by atoms with Crippen LogP contribution >= 0.6 is 11.3 Å². The van der Waals surface area contributed by atoms with Crippen molar-refractivity contribution in [3.05, 3.63) is 44.5 Å². The van der Waals surface area contributed by atoms with Crippen molar-refractivity contribution >= 4 is 11.3 Å². The molecule has 0 bridgehead atoms. The Hall–Kier alpha value is -1.70. The molecular weight excluding hydrogens is 267 g/mol. The second-order valence-corrected chi connectivity index (χ2v) is 4.66. The summed E-state index contributed by atoms with van der Waals surface area (Å²) in [6, 6.07) is 0.485. The predicted octanol–water partition coefficient (Wildman–Crippen LogP) is 2.08. The minimum absolute atomic E-state index is 0.119. The molecule has 0 saturated carbocycles. The molecule has 2 aromatic heterocycles. The zero-order valence-corrected chi connectivity index (χ0v) is 10.0. The molecule has 0 atom stereocenters. The number of aryl methyl sites for hydroxylation is 1. The number of hydrogen-bond donors (Lipinski definition) is 0. The third-order valence-electron chi connectivity index (χ3n) is 2.17. The van der Waals surface area contributed by atoms with Gasteiger partial charge in [0.1, 0.15) is 0 Å². The van der Waals surface area contributed by atoms with Crippen LogP contribution in [0.25, 0.3) is 0 Å². The summed E-state index contributed by atoms with van der Waals surface area (Å²) < 4.78 is 38.0. The summed E-state index contributed by atoms with van der Waals surface area (Å²) >= 11 is 1.41. The van der Waals surface area contributed by atoms with E-state index in [9.17, 15) is 18.0 Å². The van der Waals surface area contributed by atoms with E-state index in [1.807, 2.05) is 6.92 Å². The molecule has 0 aliphatic carbocycles. The van der Waals surface area contributed by atoms with Gasteiger partial charge in [-0.3, -0.25) is 9.36 Å². The van der Waals surface area contributed by atoms with Crippen molar-refractivity contribution in [3.8, 4) is 0 Å². The number of rotatable bonds is 2. The van der Waals surface area contributed by atoms with Gasteiger partial charge in [-0.1, -0.05) is 0 Å². The molecule has 0 aromatic carbocycles. The third-order valence-corrected chi connectivity index (χ3v) is 2.99. The Bertz CT molecular complexity index is 617. The number of nitrogens with zero attached hydrogens (tertiary/aromatic N) is 3. The largest absolute Gasteiger partial charge is 0.433 e. The maximum atomic E-state index is 12.3. The van der Waals surface area contributed by atoms with Crippen LogP contribution in [0.3, 0.4) is 0 Å². The van der Waals surface area contributed by atoms with Crippen molar-refractivity contribution in [2.45, 2.75) is 19.6 Å². The molecule has 0 fully saturated rings. The molecule has 2 rings (SSSR count). The summed E-state index contributed by atoms with van der Waals surface area (Å²) in [5.41, 5.74) is -1.30. The highest BCUT2D eigenvalue weighted by Crippen LogP contribution is 2.25. The van der Waals surface area contributed by atoms with E-state index in [2.05, 4.69) is 9.97 Å². The fourth-order valence-electron chi connectivity index (χ4n) is 1.36. The van der Waals surface area contributed by atoms with E-state index in [0.717, 1.165) is 15.9 Å². The Labute approximate surface area is 104 Å². The Morgan fingerprint density at radius 1 is 1.44 bits per heavy atom. The Morgan fingerprint density at radius 3 is 2.67 bits per heavy atom. The van der Waals surface area contributed by atoms with Crippen LogP contribution in [0.1, 0.15) is 16.4 Å². The minimum atomic E-state index is -4.60. The lowest BCUT2D eigenvalue weighted by Gasteiger charge is -2.07. The third kappa shape index (κ3) is 2.76. The van der Waals surface area contributed by atoms with Crippen LogP contribution in [-0.4, -0.2) is 14.5 Å². The Kier molecular flexibility index (Phi) is 3.20. The molecule has 0 aliphatic rings. The van der Waals surface area contributed by atoms with Crippen LogP contribution in [-0.2, 0) is 12.7 Å². The first-order chi connectivity index (χ1) is 8.36. The van der Waals surface area contributed by atoms with Crippen LogP contribution in [0.15, 0.2) is 22.6 Å². The van der Waals surface area contributed by atoms with E-state index >= 15 is 0 Å². The molecule has 96 valence electrons. The minimum Gasteiger partial charge on any atom is -0.293 e. The molecule has 0 radical (unpaired) electrons. The van der Waals surface area contributed by atoms with Gasteiger partial charge in [0.25, 0.3) is 5.56 Å². The van der Waals surface area contributed by atoms with E-state index in [0.29, 0.717) is 11.8 Å². The molecule has 8 heteroatoms. The van der Waals surface area contributed by atoms with Crippen molar-refractivity contribution in [1.29, 1.82) is 0 Å². The fourth-order valence-corrected chi connectivity index (χ4v) is 1.96. The molecular formula is C10H8F3N3OS. The SMILES string of the molecule is Cc1nc(Cn2cnc(C(F)(F)F)cc2=O)cs1. The van der Waals surface area contributed by atoms with E-state index in [1.54, 1.807) is 5.38 Å². The summed E-state index contributed by atoms with van der Waals surface area (Å²) in [6.07, 6.45) is -3.71. The van der Waals surface area contributed by atoms with Crippen LogP contribution in [0.4, 0.5) is 13.2 Å². The average Bonchev–Trinajstić information content (AvgIpc) is 2.65. The maximum absolute atomic E-state index is 12.3. The number of halogens is 3. The summed E-state index contributed by atoms with van der Waals surface area (Å²) in [7, 11) is 0. The van der Waals surface area contributed by atoms with E-state index in [4.69, 9.17) is 0 Å². The van der Waals surface area contributed by atoms with Gasteiger partial charge in [-0.25, -0.2) is 9.97 Å². The zero-order chi connectivity index (χ0) is 13.3. The number of aromatic nitrogens is 3. The highest BCUT2D eigenvalue weighted by molar-refractivity contribution is 7.09. The molecule has 0 unspecified atom stereocenters. The standard InChI is InChI=1S/C10H8F3N3OS/c1-6-15-7(4-18-6)3-16-5-14-8(2-9(16)17)10(11,12)13/h2,4-5H,3H2,1H3. The molecule has 4 nitrogen and oxygen atoms in total. The van der Waals surface area contributed by atoms with Crippen molar-refractivity contribution < 1.29 is 13.2 Å². The quantitative estimate of drug-likeness (QED) is 0.843. The van der Waals surface area contributed by atoms with E-state index in [-0.39, 0.29) is 6.54 Å². The number of thiazole rings is 1. The van der Waals surface area contributed by atoms with Crippen LogP contribution in [0.2, 0.25) is 0 Å². The van der Waals surface area contributed by atoms with Gasteiger partial charge >= 0.3 is 6.18 Å². The van der Waals surface area contributed by atoms with Gasteiger partial charge in [0, 0.05) is 11.4 Å². The Balaban J connectivity index is 2.28. The molecule has 0 spiro atoms. The molecule has 2 heterocycles. The van der Waals surface area contributed by atoms with Crippen molar-refractivity contribution in [3.63, 3.8) is 0 Å². The summed E-state index contributed by atoms with van der Waals surface area (Å²) in [5, 5.41) is 2.58. The number of alkyl halides is 3. The first kappa shape index (κ1) is 12.7. The first-order valence-electron chi connectivity index (χ1n) is 4.91. The van der Waals surface area contributed by atoms with Gasteiger partial charge in [-0.15, -0.1) is 11.3 Å². The van der Waals surface area contributed by atoms with Crippen molar-refractivity contribution in [2.75, 3.05) is 0 Å². The molecule has 0 amide bonds. The summed E-state index contributed by atoms with van der Waals surface area (Å²) in [5.74, 6) is 0. The highest BCUT2D eigenvalue weighted by Gasteiger charge is 2.32. The maximum Gasteiger partial charge on any atom is 0.433 e. The van der Waals surface area contributed by atoms with Crippen LogP contribution in [0, 0.1) is 6.92 Å². The lowest BCUT2D eigenvalue weighted by molar-refractivity contribution is -0.141. The summed E-state index contributed by atoms with van der Waals surface area (Å²) in [6.45, 7) is 1.93. The monoisotopic (exact) mass is 275 g/mol. The molecule has 0 aliphatic heterocycles. The lowest BCUT2D eigenvalue weighted by atomic mass is 10.4. The fraction of sp³-hybridized carbons (Fsp3) is 0.300. The predicted molar refractivity (Wildman–Crippen MR) is 59.5 cm³/mol. The van der Waals surface area contributed by atoms with Crippen molar-refractivity contribution in [1.82, 2.24) is 14.5 Å².